The Labute approximate surface area is 72.3 Å². The zero-order valence-electron chi connectivity index (χ0n) is 7.55. The standard InChI is InChI=1S/C8H16N2O2/c1-6(2)10-7(11)8(12)3-4-9-5-8/h6,9,12H,3-5H2,1-2H3,(H,10,11). The lowest BCUT2D eigenvalue weighted by atomic mass is 10.0. The Morgan fingerprint density at radius 3 is 2.75 bits per heavy atom. The van der Waals surface area contributed by atoms with Gasteiger partial charge >= 0.3 is 0 Å². The molecule has 0 aromatic rings. The van der Waals surface area contributed by atoms with Gasteiger partial charge in [0.05, 0.1) is 0 Å². The van der Waals surface area contributed by atoms with Crippen molar-refractivity contribution >= 4 is 5.91 Å². The van der Waals surface area contributed by atoms with Crippen LogP contribution in [-0.2, 0) is 4.79 Å². The Balaban J connectivity index is 2.50. The van der Waals surface area contributed by atoms with E-state index in [0.29, 0.717) is 19.5 Å². The quantitative estimate of drug-likeness (QED) is 0.513. The summed E-state index contributed by atoms with van der Waals surface area (Å²) in [5.41, 5.74) is -1.18. The molecule has 1 rings (SSSR count). The molecule has 0 aromatic carbocycles. The van der Waals surface area contributed by atoms with Crippen LogP contribution in [0.15, 0.2) is 0 Å². The van der Waals surface area contributed by atoms with Crippen molar-refractivity contribution in [3.63, 3.8) is 0 Å². The van der Waals surface area contributed by atoms with Gasteiger partial charge in [-0.15, -0.1) is 0 Å². The minimum Gasteiger partial charge on any atom is -0.379 e. The average Bonchev–Trinajstić information content (AvgIpc) is 2.36. The van der Waals surface area contributed by atoms with Gasteiger partial charge in [0.25, 0.3) is 5.91 Å². The van der Waals surface area contributed by atoms with Crippen molar-refractivity contribution in [3.8, 4) is 0 Å². The third kappa shape index (κ3) is 1.95. The predicted octanol–water partition coefficient (Wildman–Crippen LogP) is -0.765. The molecule has 1 unspecified atom stereocenters. The molecule has 70 valence electrons. The number of β-amino-alcohol motifs (C(OH)–C–C–N with tert-alkyl or cyclic N) is 1. The molecule has 4 nitrogen and oxygen atoms in total. The SMILES string of the molecule is CC(C)NC(=O)C1(O)CCNC1. The molecule has 12 heavy (non-hydrogen) atoms. The van der Waals surface area contributed by atoms with Gasteiger partial charge < -0.3 is 15.7 Å². The highest BCUT2D eigenvalue weighted by Gasteiger charge is 2.38. The van der Waals surface area contributed by atoms with Crippen LogP contribution in [-0.4, -0.2) is 35.7 Å². The van der Waals surface area contributed by atoms with Crippen LogP contribution in [0.3, 0.4) is 0 Å². The fourth-order valence-electron chi connectivity index (χ4n) is 1.27. The number of aliphatic hydroxyl groups is 1. The molecule has 1 saturated heterocycles. The van der Waals surface area contributed by atoms with Gasteiger partial charge in [-0.2, -0.15) is 0 Å². The molecule has 0 radical (unpaired) electrons. The number of carbonyl (C=O) groups excluding carboxylic acids is 1. The van der Waals surface area contributed by atoms with Crippen LogP contribution >= 0.6 is 0 Å². The first-order chi connectivity index (χ1) is 5.54. The third-order valence-corrected chi connectivity index (χ3v) is 1.98. The van der Waals surface area contributed by atoms with E-state index >= 15 is 0 Å². The smallest absolute Gasteiger partial charge is 0.253 e. The molecule has 1 heterocycles. The largest absolute Gasteiger partial charge is 0.379 e. The highest BCUT2D eigenvalue weighted by Crippen LogP contribution is 2.14. The van der Waals surface area contributed by atoms with E-state index in [1.54, 1.807) is 0 Å². The van der Waals surface area contributed by atoms with Gasteiger partial charge in [0.15, 0.2) is 5.60 Å². The van der Waals surface area contributed by atoms with Gasteiger partial charge in [-0.25, -0.2) is 0 Å². The molecule has 0 aromatic heterocycles. The minimum atomic E-state index is -1.18. The summed E-state index contributed by atoms with van der Waals surface area (Å²) in [6.07, 6.45) is 0.506. The van der Waals surface area contributed by atoms with Crippen molar-refractivity contribution in [2.24, 2.45) is 0 Å². The second kappa shape index (κ2) is 3.41. The normalized spacial score (nSPS) is 29.3. The van der Waals surface area contributed by atoms with E-state index in [1.165, 1.54) is 0 Å². The Bertz CT molecular complexity index is 174. The molecule has 3 N–H and O–H groups in total. The molecule has 4 heteroatoms. The number of nitrogens with one attached hydrogen (secondary N) is 2. The fraction of sp³-hybridized carbons (Fsp3) is 0.875. The lowest BCUT2D eigenvalue weighted by molar-refractivity contribution is -0.138. The molecule has 1 aliphatic heterocycles. The average molecular weight is 172 g/mol. The van der Waals surface area contributed by atoms with Crippen LogP contribution in [0.4, 0.5) is 0 Å². The number of carbonyl (C=O) groups is 1. The maximum absolute atomic E-state index is 11.4. The first-order valence-corrected chi connectivity index (χ1v) is 4.29. The molecule has 1 amide bonds. The van der Waals surface area contributed by atoms with Crippen LogP contribution in [0.25, 0.3) is 0 Å². The Morgan fingerprint density at radius 1 is 1.67 bits per heavy atom. The first kappa shape index (κ1) is 9.48. The van der Waals surface area contributed by atoms with Crippen LogP contribution in [0, 0.1) is 0 Å². The number of hydrogen-bond acceptors (Lipinski definition) is 3. The predicted molar refractivity (Wildman–Crippen MR) is 45.7 cm³/mol. The van der Waals surface area contributed by atoms with Crippen molar-refractivity contribution < 1.29 is 9.90 Å². The van der Waals surface area contributed by atoms with Crippen LogP contribution in [0.5, 0.6) is 0 Å². The van der Waals surface area contributed by atoms with Crippen LogP contribution < -0.4 is 10.6 Å². The molecule has 1 aliphatic rings. The summed E-state index contributed by atoms with van der Waals surface area (Å²) in [5.74, 6) is -0.262. The highest BCUT2D eigenvalue weighted by molar-refractivity contribution is 5.85. The van der Waals surface area contributed by atoms with Gasteiger partial charge in [0.1, 0.15) is 0 Å². The molecular formula is C8H16N2O2. The van der Waals surface area contributed by atoms with Gasteiger partial charge in [-0.05, 0) is 26.8 Å². The summed E-state index contributed by atoms with van der Waals surface area (Å²) >= 11 is 0. The van der Waals surface area contributed by atoms with Crippen molar-refractivity contribution in [1.82, 2.24) is 10.6 Å². The maximum atomic E-state index is 11.4. The molecule has 0 bridgehead atoms. The zero-order chi connectivity index (χ0) is 9.19. The second-order valence-electron chi connectivity index (χ2n) is 3.59. The zero-order valence-corrected chi connectivity index (χ0v) is 7.55. The molecule has 1 fully saturated rings. The maximum Gasteiger partial charge on any atom is 0.253 e. The van der Waals surface area contributed by atoms with E-state index in [0.717, 1.165) is 0 Å². The summed E-state index contributed by atoms with van der Waals surface area (Å²) in [6, 6.07) is 0.0853. The Morgan fingerprint density at radius 2 is 2.33 bits per heavy atom. The molecule has 0 spiro atoms. The van der Waals surface area contributed by atoms with E-state index < -0.39 is 5.60 Å². The van der Waals surface area contributed by atoms with E-state index in [2.05, 4.69) is 10.6 Å². The van der Waals surface area contributed by atoms with E-state index in [-0.39, 0.29) is 11.9 Å². The number of amides is 1. The number of hydrogen-bond donors (Lipinski definition) is 3. The number of rotatable bonds is 2. The van der Waals surface area contributed by atoms with E-state index in [9.17, 15) is 9.90 Å². The topological polar surface area (TPSA) is 61.4 Å². The van der Waals surface area contributed by atoms with Gasteiger partial charge in [0.2, 0.25) is 0 Å². The van der Waals surface area contributed by atoms with Crippen molar-refractivity contribution in [2.75, 3.05) is 13.1 Å². The third-order valence-electron chi connectivity index (χ3n) is 1.98. The van der Waals surface area contributed by atoms with Crippen molar-refractivity contribution in [2.45, 2.75) is 31.9 Å². The van der Waals surface area contributed by atoms with Gasteiger partial charge in [0, 0.05) is 12.6 Å². The summed E-state index contributed by atoms with van der Waals surface area (Å²) in [6.45, 7) is 4.83. The molecule has 0 aliphatic carbocycles. The van der Waals surface area contributed by atoms with Gasteiger partial charge in [-0.1, -0.05) is 0 Å². The van der Waals surface area contributed by atoms with Crippen molar-refractivity contribution in [1.29, 1.82) is 0 Å². The summed E-state index contributed by atoms with van der Waals surface area (Å²) in [4.78, 5) is 11.4. The van der Waals surface area contributed by atoms with Crippen molar-refractivity contribution in [3.05, 3.63) is 0 Å². The molecule has 0 saturated carbocycles. The summed E-state index contributed by atoms with van der Waals surface area (Å²) in [5, 5.41) is 15.4. The minimum absolute atomic E-state index is 0.0853. The second-order valence-corrected chi connectivity index (χ2v) is 3.59. The molecular weight excluding hydrogens is 156 g/mol. The fourth-order valence-corrected chi connectivity index (χ4v) is 1.27. The lowest BCUT2D eigenvalue weighted by Crippen LogP contribution is -2.50. The van der Waals surface area contributed by atoms with Gasteiger partial charge in [-0.3, -0.25) is 4.79 Å². The highest BCUT2D eigenvalue weighted by atomic mass is 16.3. The molecule has 1 atom stereocenters. The van der Waals surface area contributed by atoms with E-state index in [4.69, 9.17) is 0 Å². The summed E-state index contributed by atoms with van der Waals surface area (Å²) in [7, 11) is 0. The summed E-state index contributed by atoms with van der Waals surface area (Å²) < 4.78 is 0. The van der Waals surface area contributed by atoms with E-state index in [1.807, 2.05) is 13.8 Å². The van der Waals surface area contributed by atoms with Crippen LogP contribution in [0.1, 0.15) is 20.3 Å². The monoisotopic (exact) mass is 172 g/mol. The van der Waals surface area contributed by atoms with Crippen LogP contribution in [0.2, 0.25) is 0 Å². The first-order valence-electron chi connectivity index (χ1n) is 4.29. The Kier molecular flexibility index (Phi) is 2.69. The Hall–Kier alpha value is -0.610. The lowest BCUT2D eigenvalue weighted by Gasteiger charge is -2.21.